The van der Waals surface area contributed by atoms with Crippen molar-refractivity contribution in [3.63, 3.8) is 0 Å². The summed E-state index contributed by atoms with van der Waals surface area (Å²) in [6.45, 7) is 0. The van der Waals surface area contributed by atoms with E-state index in [0.717, 1.165) is 17.9 Å². The molecule has 0 bridgehead atoms. The Morgan fingerprint density at radius 3 is 2.79 bits per heavy atom. The number of halogens is 2. The molecule has 1 saturated carbocycles. The molecule has 0 saturated heterocycles. The summed E-state index contributed by atoms with van der Waals surface area (Å²) in [7, 11) is 0. The van der Waals surface area contributed by atoms with E-state index in [4.69, 9.17) is 5.73 Å². The second-order valence-corrected chi connectivity index (χ2v) is 5.12. The van der Waals surface area contributed by atoms with Crippen LogP contribution in [0.5, 0.6) is 0 Å². The predicted octanol–water partition coefficient (Wildman–Crippen LogP) is 3.23. The van der Waals surface area contributed by atoms with Gasteiger partial charge < -0.3 is 5.73 Å². The third-order valence-corrected chi connectivity index (χ3v) is 3.53. The lowest BCUT2D eigenvalue weighted by Gasteiger charge is -2.11. The van der Waals surface area contributed by atoms with Gasteiger partial charge in [-0.25, -0.2) is 4.39 Å². The lowest BCUT2D eigenvalue weighted by molar-refractivity contribution is 0.580. The molecule has 2 N–H and O–H groups in total. The molecule has 0 radical (unpaired) electrons. The second kappa shape index (κ2) is 4.14. The largest absolute Gasteiger partial charge is 0.324 e. The Bertz CT molecular complexity index is 336. The average molecular weight is 305 g/mol. The van der Waals surface area contributed by atoms with Crippen molar-refractivity contribution < 1.29 is 4.39 Å². The first-order valence-electron chi connectivity index (χ1n) is 4.87. The quantitative estimate of drug-likeness (QED) is 0.853. The van der Waals surface area contributed by atoms with E-state index in [-0.39, 0.29) is 11.9 Å². The predicted molar refractivity (Wildman–Crippen MR) is 63.4 cm³/mol. The zero-order valence-corrected chi connectivity index (χ0v) is 10.00. The average Bonchev–Trinajstić information content (AvgIpc) is 2.93. The van der Waals surface area contributed by atoms with Crippen LogP contribution in [-0.4, -0.2) is 0 Å². The Labute approximate surface area is 97.0 Å². The molecule has 76 valence electrons. The van der Waals surface area contributed by atoms with E-state index in [1.165, 1.54) is 12.8 Å². The monoisotopic (exact) mass is 305 g/mol. The molecule has 0 aliphatic heterocycles. The maximum absolute atomic E-state index is 13.2. The number of rotatable bonds is 3. The molecule has 1 atom stereocenters. The van der Waals surface area contributed by atoms with Gasteiger partial charge in [0.2, 0.25) is 0 Å². The first-order chi connectivity index (χ1) is 6.66. The Balaban J connectivity index is 2.10. The van der Waals surface area contributed by atoms with E-state index < -0.39 is 0 Å². The van der Waals surface area contributed by atoms with Crippen LogP contribution >= 0.6 is 22.6 Å². The van der Waals surface area contributed by atoms with E-state index >= 15 is 0 Å². The molecule has 0 spiro atoms. The van der Waals surface area contributed by atoms with Crippen LogP contribution in [0.2, 0.25) is 0 Å². The van der Waals surface area contributed by atoms with Gasteiger partial charge in [0, 0.05) is 9.61 Å². The van der Waals surface area contributed by atoms with Crippen molar-refractivity contribution >= 4 is 22.6 Å². The van der Waals surface area contributed by atoms with Crippen molar-refractivity contribution in [3.05, 3.63) is 33.1 Å². The molecule has 1 unspecified atom stereocenters. The number of hydrogen-bond acceptors (Lipinski definition) is 1. The lowest BCUT2D eigenvalue weighted by Crippen LogP contribution is -2.11. The summed E-state index contributed by atoms with van der Waals surface area (Å²) in [6.07, 6.45) is 3.58. The minimum Gasteiger partial charge on any atom is -0.324 e. The topological polar surface area (TPSA) is 26.0 Å². The molecule has 3 heteroatoms. The van der Waals surface area contributed by atoms with Crippen molar-refractivity contribution in [2.24, 2.45) is 11.7 Å². The summed E-state index contributed by atoms with van der Waals surface area (Å²) < 4.78 is 13.9. The molecule has 1 aliphatic rings. The van der Waals surface area contributed by atoms with Crippen LogP contribution in [-0.2, 0) is 0 Å². The molecule has 0 heterocycles. The van der Waals surface area contributed by atoms with E-state index in [2.05, 4.69) is 0 Å². The Hall–Kier alpha value is -0.160. The van der Waals surface area contributed by atoms with Crippen LogP contribution < -0.4 is 5.73 Å². The van der Waals surface area contributed by atoms with Crippen molar-refractivity contribution in [1.82, 2.24) is 0 Å². The summed E-state index contributed by atoms with van der Waals surface area (Å²) in [5.41, 5.74) is 6.91. The summed E-state index contributed by atoms with van der Waals surface area (Å²) in [5.74, 6) is 0.627. The smallest absolute Gasteiger partial charge is 0.136 e. The van der Waals surface area contributed by atoms with Gasteiger partial charge in [0.1, 0.15) is 5.82 Å². The molecule has 14 heavy (non-hydrogen) atoms. The molecule has 2 rings (SSSR count). The van der Waals surface area contributed by atoms with Crippen LogP contribution in [0.1, 0.15) is 30.9 Å². The van der Waals surface area contributed by atoms with Crippen LogP contribution in [0.4, 0.5) is 4.39 Å². The summed E-state index contributed by atoms with van der Waals surface area (Å²) in [6, 6.07) is 5.29. The van der Waals surface area contributed by atoms with Gasteiger partial charge in [0.25, 0.3) is 0 Å². The maximum atomic E-state index is 13.2. The van der Waals surface area contributed by atoms with E-state index in [1.807, 2.05) is 28.7 Å². The van der Waals surface area contributed by atoms with Crippen LogP contribution in [0.3, 0.4) is 0 Å². The highest BCUT2D eigenvalue weighted by Crippen LogP contribution is 2.36. The van der Waals surface area contributed by atoms with Crippen molar-refractivity contribution in [3.8, 4) is 0 Å². The third-order valence-electron chi connectivity index (χ3n) is 2.66. The zero-order valence-electron chi connectivity index (χ0n) is 7.84. The van der Waals surface area contributed by atoms with Crippen molar-refractivity contribution in [1.29, 1.82) is 0 Å². The van der Waals surface area contributed by atoms with Crippen LogP contribution in [0.25, 0.3) is 0 Å². The minimum absolute atomic E-state index is 0.00833. The van der Waals surface area contributed by atoms with E-state index in [9.17, 15) is 4.39 Å². The first-order valence-corrected chi connectivity index (χ1v) is 5.95. The Kier molecular flexibility index (Phi) is 3.07. The zero-order chi connectivity index (χ0) is 10.1. The standard InChI is InChI=1S/C11H13FIN/c12-9-6-8(3-4-10(9)13)11(14)5-7-1-2-7/h3-4,6-7,11H,1-2,5,14H2. The van der Waals surface area contributed by atoms with Crippen molar-refractivity contribution in [2.75, 3.05) is 0 Å². The highest BCUT2D eigenvalue weighted by atomic mass is 127. The van der Waals surface area contributed by atoms with Crippen molar-refractivity contribution in [2.45, 2.75) is 25.3 Å². The van der Waals surface area contributed by atoms with Gasteiger partial charge in [-0.15, -0.1) is 0 Å². The molecule has 1 aromatic carbocycles. The van der Waals surface area contributed by atoms with Crippen LogP contribution in [0.15, 0.2) is 18.2 Å². The SMILES string of the molecule is NC(CC1CC1)c1ccc(I)c(F)c1. The number of nitrogens with two attached hydrogens (primary N) is 1. The molecule has 1 nitrogen and oxygen atoms in total. The summed E-state index contributed by atoms with van der Waals surface area (Å²) >= 11 is 1.99. The van der Waals surface area contributed by atoms with Gasteiger partial charge in [-0.3, -0.25) is 0 Å². The van der Waals surface area contributed by atoms with Gasteiger partial charge in [0.15, 0.2) is 0 Å². The molecule has 1 aliphatic carbocycles. The van der Waals surface area contributed by atoms with Gasteiger partial charge in [-0.2, -0.15) is 0 Å². The fourth-order valence-electron chi connectivity index (χ4n) is 1.59. The molecule has 0 aromatic heterocycles. The van der Waals surface area contributed by atoms with Gasteiger partial charge in [-0.05, 0) is 52.6 Å². The fraction of sp³-hybridized carbons (Fsp3) is 0.455. The van der Waals surface area contributed by atoms with E-state index in [0.29, 0.717) is 3.57 Å². The maximum Gasteiger partial charge on any atom is 0.136 e. The first kappa shape index (κ1) is 10.4. The highest BCUT2D eigenvalue weighted by molar-refractivity contribution is 14.1. The number of hydrogen-bond donors (Lipinski definition) is 1. The Morgan fingerprint density at radius 1 is 1.50 bits per heavy atom. The molecule has 1 aromatic rings. The minimum atomic E-state index is -0.158. The summed E-state index contributed by atoms with van der Waals surface area (Å²) in [5, 5.41) is 0. The fourth-order valence-corrected chi connectivity index (χ4v) is 1.93. The Morgan fingerprint density at radius 2 is 2.21 bits per heavy atom. The highest BCUT2D eigenvalue weighted by Gasteiger charge is 2.24. The molecular weight excluding hydrogens is 292 g/mol. The molecule has 1 fully saturated rings. The molecule has 0 amide bonds. The second-order valence-electron chi connectivity index (χ2n) is 3.96. The summed E-state index contributed by atoms with van der Waals surface area (Å²) in [4.78, 5) is 0. The lowest BCUT2D eigenvalue weighted by atomic mass is 10.0. The normalized spacial score (nSPS) is 18.2. The number of benzene rings is 1. The van der Waals surface area contributed by atoms with E-state index in [1.54, 1.807) is 12.1 Å². The van der Waals surface area contributed by atoms with Crippen LogP contribution in [0, 0.1) is 15.3 Å². The van der Waals surface area contributed by atoms with Gasteiger partial charge in [-0.1, -0.05) is 18.9 Å². The van der Waals surface area contributed by atoms with Gasteiger partial charge in [0.05, 0.1) is 0 Å². The van der Waals surface area contributed by atoms with Gasteiger partial charge >= 0.3 is 0 Å². The molecular formula is C11H13FIN. The third kappa shape index (κ3) is 2.45.